The van der Waals surface area contributed by atoms with Crippen molar-refractivity contribution in [1.29, 1.82) is 0 Å². The second-order valence-corrected chi connectivity index (χ2v) is 8.21. The molecule has 0 spiro atoms. The highest BCUT2D eigenvalue weighted by molar-refractivity contribution is 6.09. The standard InChI is InChI=1S/C28H24N2O3/c1-17-16-18(2)29-28-23(17)25(30-27(31)21-12-8-5-9-13-21)26(33-28)24(20-10-6-4-7-11-20)22-15-14-19(3)32-22/h4-16,24H,1-3H3,(H,30,31)/t24-/m0/s1. The van der Waals surface area contributed by atoms with Gasteiger partial charge in [-0.2, -0.15) is 0 Å². The third kappa shape index (κ3) is 3.94. The first-order chi connectivity index (χ1) is 16.0. The lowest BCUT2D eigenvalue weighted by Crippen LogP contribution is -2.14. The molecule has 0 aliphatic heterocycles. The number of nitrogens with zero attached hydrogens (tertiary/aromatic N) is 1. The zero-order valence-electron chi connectivity index (χ0n) is 18.8. The number of benzene rings is 2. The minimum absolute atomic E-state index is 0.207. The molecule has 5 nitrogen and oxygen atoms in total. The Balaban J connectivity index is 1.74. The van der Waals surface area contributed by atoms with Crippen molar-refractivity contribution < 1.29 is 13.6 Å². The summed E-state index contributed by atoms with van der Waals surface area (Å²) in [6.45, 7) is 5.85. The van der Waals surface area contributed by atoms with Gasteiger partial charge in [0.15, 0.2) is 0 Å². The Bertz CT molecular complexity index is 1430. The summed E-state index contributed by atoms with van der Waals surface area (Å²) < 4.78 is 12.4. The van der Waals surface area contributed by atoms with Crippen molar-refractivity contribution in [2.75, 3.05) is 5.32 Å². The Kier molecular flexibility index (Phi) is 5.31. The fraction of sp³-hybridized carbons (Fsp3) is 0.143. The molecule has 0 saturated heterocycles. The van der Waals surface area contributed by atoms with Gasteiger partial charge in [-0.3, -0.25) is 4.79 Å². The number of fused-ring (bicyclic) bond motifs is 1. The van der Waals surface area contributed by atoms with Crippen LogP contribution in [0, 0.1) is 20.8 Å². The Hall–Kier alpha value is -4.12. The molecule has 5 heteroatoms. The minimum Gasteiger partial charge on any atom is -0.465 e. The second-order valence-electron chi connectivity index (χ2n) is 8.21. The minimum atomic E-state index is -0.347. The number of nitrogens with one attached hydrogen (secondary N) is 1. The van der Waals surface area contributed by atoms with Crippen molar-refractivity contribution in [1.82, 2.24) is 4.98 Å². The Labute approximate surface area is 192 Å². The van der Waals surface area contributed by atoms with Crippen LogP contribution in [0.25, 0.3) is 11.1 Å². The maximum atomic E-state index is 13.2. The van der Waals surface area contributed by atoms with E-state index in [0.29, 0.717) is 22.7 Å². The number of hydrogen-bond acceptors (Lipinski definition) is 4. The highest BCUT2D eigenvalue weighted by Crippen LogP contribution is 2.43. The van der Waals surface area contributed by atoms with E-state index in [0.717, 1.165) is 33.7 Å². The lowest BCUT2D eigenvalue weighted by molar-refractivity contribution is 0.102. The number of furan rings is 2. The van der Waals surface area contributed by atoms with E-state index in [1.54, 1.807) is 12.1 Å². The van der Waals surface area contributed by atoms with Crippen LogP contribution in [0.4, 0.5) is 5.69 Å². The lowest BCUT2D eigenvalue weighted by atomic mass is 9.92. The van der Waals surface area contributed by atoms with E-state index in [2.05, 4.69) is 10.3 Å². The summed E-state index contributed by atoms with van der Waals surface area (Å²) in [4.78, 5) is 17.8. The van der Waals surface area contributed by atoms with Crippen LogP contribution in [-0.2, 0) is 0 Å². The highest BCUT2D eigenvalue weighted by atomic mass is 16.4. The normalized spacial score (nSPS) is 12.1. The maximum absolute atomic E-state index is 13.2. The van der Waals surface area contributed by atoms with Crippen molar-refractivity contribution >= 4 is 22.7 Å². The van der Waals surface area contributed by atoms with E-state index in [1.807, 2.05) is 87.5 Å². The Morgan fingerprint density at radius 2 is 1.58 bits per heavy atom. The molecule has 0 aliphatic carbocycles. The van der Waals surface area contributed by atoms with Crippen molar-refractivity contribution in [3.8, 4) is 0 Å². The van der Waals surface area contributed by atoms with Crippen LogP contribution in [-0.4, -0.2) is 10.9 Å². The molecule has 2 aromatic carbocycles. The summed E-state index contributed by atoms with van der Waals surface area (Å²) in [5, 5.41) is 3.92. The van der Waals surface area contributed by atoms with Gasteiger partial charge in [-0.25, -0.2) is 4.98 Å². The molecule has 33 heavy (non-hydrogen) atoms. The molecule has 164 valence electrons. The van der Waals surface area contributed by atoms with Gasteiger partial charge in [-0.15, -0.1) is 0 Å². The van der Waals surface area contributed by atoms with E-state index in [1.165, 1.54) is 0 Å². The Morgan fingerprint density at radius 3 is 2.24 bits per heavy atom. The summed E-state index contributed by atoms with van der Waals surface area (Å²) in [5.74, 6) is 1.59. The van der Waals surface area contributed by atoms with E-state index in [4.69, 9.17) is 8.83 Å². The van der Waals surface area contributed by atoms with Crippen molar-refractivity contribution in [2.45, 2.75) is 26.7 Å². The third-order valence-electron chi connectivity index (χ3n) is 5.73. The van der Waals surface area contributed by atoms with Crippen LogP contribution in [0.3, 0.4) is 0 Å². The molecule has 1 amide bonds. The van der Waals surface area contributed by atoms with E-state index in [9.17, 15) is 4.79 Å². The summed E-state index contributed by atoms with van der Waals surface area (Å²) in [6, 6.07) is 25.0. The molecule has 3 aromatic heterocycles. The van der Waals surface area contributed by atoms with Gasteiger partial charge in [-0.1, -0.05) is 48.5 Å². The molecule has 1 N–H and O–H groups in total. The topological polar surface area (TPSA) is 68.3 Å². The molecule has 5 rings (SSSR count). The van der Waals surface area contributed by atoms with Crippen LogP contribution in [0.2, 0.25) is 0 Å². The van der Waals surface area contributed by atoms with E-state index in [-0.39, 0.29) is 11.8 Å². The van der Waals surface area contributed by atoms with E-state index < -0.39 is 0 Å². The first-order valence-electron chi connectivity index (χ1n) is 10.9. The van der Waals surface area contributed by atoms with Gasteiger partial charge >= 0.3 is 0 Å². The maximum Gasteiger partial charge on any atom is 0.255 e. The number of anilines is 1. The number of pyridine rings is 1. The van der Waals surface area contributed by atoms with Gasteiger partial charge in [0, 0.05) is 11.3 Å². The summed E-state index contributed by atoms with van der Waals surface area (Å²) >= 11 is 0. The first kappa shape index (κ1) is 20.8. The predicted octanol–water partition coefficient (Wildman–Crippen LogP) is 6.78. The SMILES string of the molecule is Cc1cc(C)c2c(NC(=O)c3ccccc3)c([C@@H](c3ccccc3)c3ccc(C)o3)oc2n1. The predicted molar refractivity (Wildman–Crippen MR) is 129 cm³/mol. The van der Waals surface area contributed by atoms with Gasteiger partial charge < -0.3 is 14.2 Å². The molecule has 0 saturated carbocycles. The monoisotopic (exact) mass is 436 g/mol. The fourth-order valence-electron chi connectivity index (χ4n) is 4.26. The Morgan fingerprint density at radius 1 is 0.879 bits per heavy atom. The van der Waals surface area contributed by atoms with Gasteiger partial charge in [0.2, 0.25) is 5.71 Å². The highest BCUT2D eigenvalue weighted by Gasteiger charge is 2.30. The molecule has 1 atom stereocenters. The average molecular weight is 437 g/mol. The van der Waals surface area contributed by atoms with E-state index >= 15 is 0 Å². The van der Waals surface area contributed by atoms with Gasteiger partial charge in [-0.05, 0) is 62.2 Å². The van der Waals surface area contributed by atoms with Crippen LogP contribution in [0.1, 0.15) is 50.4 Å². The van der Waals surface area contributed by atoms with Crippen molar-refractivity contribution in [3.05, 3.63) is 119 Å². The zero-order valence-corrected chi connectivity index (χ0v) is 18.8. The van der Waals surface area contributed by atoms with Gasteiger partial charge in [0.25, 0.3) is 5.91 Å². The van der Waals surface area contributed by atoms with Crippen molar-refractivity contribution in [2.24, 2.45) is 0 Å². The first-order valence-corrected chi connectivity index (χ1v) is 10.9. The quantitative estimate of drug-likeness (QED) is 0.330. The van der Waals surface area contributed by atoms with Crippen molar-refractivity contribution in [3.63, 3.8) is 0 Å². The zero-order chi connectivity index (χ0) is 22.9. The molecule has 0 aliphatic rings. The largest absolute Gasteiger partial charge is 0.465 e. The fourth-order valence-corrected chi connectivity index (χ4v) is 4.26. The molecule has 5 aromatic rings. The van der Waals surface area contributed by atoms with Crippen LogP contribution in [0.5, 0.6) is 0 Å². The summed E-state index contributed by atoms with van der Waals surface area (Å²) in [7, 11) is 0. The molecule has 0 bridgehead atoms. The van der Waals surface area contributed by atoms with Crippen LogP contribution < -0.4 is 5.32 Å². The van der Waals surface area contributed by atoms with Crippen LogP contribution >= 0.6 is 0 Å². The van der Waals surface area contributed by atoms with Gasteiger partial charge in [0.05, 0.1) is 11.1 Å². The number of aryl methyl sites for hydroxylation is 3. The summed E-state index contributed by atoms with van der Waals surface area (Å²) in [6.07, 6.45) is 0. The van der Waals surface area contributed by atoms with Crippen LogP contribution in [0.15, 0.2) is 87.7 Å². The number of carbonyl (C=O) groups excluding carboxylic acids is 1. The number of amides is 1. The second kappa shape index (κ2) is 8.43. The number of hydrogen-bond donors (Lipinski definition) is 1. The van der Waals surface area contributed by atoms with Gasteiger partial charge in [0.1, 0.15) is 23.2 Å². The summed E-state index contributed by atoms with van der Waals surface area (Å²) in [5.41, 5.74) is 4.52. The number of rotatable bonds is 5. The molecule has 0 unspecified atom stereocenters. The number of carbonyl (C=O) groups is 1. The molecule has 0 fully saturated rings. The molecular formula is C28H24N2O3. The number of aromatic nitrogens is 1. The molecule has 3 heterocycles. The lowest BCUT2D eigenvalue weighted by Gasteiger charge is -2.16. The molecule has 0 radical (unpaired) electrons. The third-order valence-corrected chi connectivity index (χ3v) is 5.73. The molecular weight excluding hydrogens is 412 g/mol. The average Bonchev–Trinajstić information content (AvgIpc) is 3.39. The smallest absolute Gasteiger partial charge is 0.255 e.